The Balaban J connectivity index is 1.92. The zero-order chi connectivity index (χ0) is 16.1. The molecule has 0 aromatic carbocycles. The molecular formula is C17H22O5. The summed E-state index contributed by atoms with van der Waals surface area (Å²) in [7, 11) is 0. The third-order valence-electron chi connectivity index (χ3n) is 6.88. The van der Waals surface area contributed by atoms with Crippen molar-refractivity contribution in [1.29, 1.82) is 0 Å². The summed E-state index contributed by atoms with van der Waals surface area (Å²) >= 11 is 0. The normalized spacial score (nSPS) is 59.2. The van der Waals surface area contributed by atoms with Crippen molar-refractivity contribution >= 4 is 11.8 Å². The van der Waals surface area contributed by atoms with Crippen LogP contribution in [0.15, 0.2) is 12.2 Å². The van der Waals surface area contributed by atoms with Gasteiger partial charge in [0.25, 0.3) is 0 Å². The van der Waals surface area contributed by atoms with Crippen LogP contribution in [0.2, 0.25) is 0 Å². The summed E-state index contributed by atoms with van der Waals surface area (Å²) in [4.78, 5) is 25.1. The number of rotatable bonds is 0. The average molecular weight is 306 g/mol. The number of aliphatic hydroxyl groups is 1. The second-order valence-corrected chi connectivity index (χ2v) is 7.94. The van der Waals surface area contributed by atoms with Crippen LogP contribution in [0, 0.1) is 28.6 Å². The topological polar surface area (TPSA) is 72.8 Å². The fraction of sp³-hybridized carbons (Fsp3) is 0.765. The van der Waals surface area contributed by atoms with Crippen molar-refractivity contribution < 1.29 is 24.2 Å². The molecule has 4 rings (SSSR count). The SMILES string of the molecule is C[C@H]1C[C@H]2OC(=O)[C@]3(C)[C@H]2[C@H](O[C@@]3(C)O)[C@@]2(C)C(=O)C=C[C@H]12. The lowest BCUT2D eigenvalue weighted by molar-refractivity contribution is -0.239. The Morgan fingerprint density at radius 2 is 1.95 bits per heavy atom. The zero-order valence-electron chi connectivity index (χ0n) is 13.3. The van der Waals surface area contributed by atoms with Crippen LogP contribution >= 0.6 is 0 Å². The molecule has 0 radical (unpaired) electrons. The summed E-state index contributed by atoms with van der Waals surface area (Å²) in [6, 6.07) is 0. The van der Waals surface area contributed by atoms with Crippen LogP contribution in [-0.4, -0.2) is 34.9 Å². The molecular weight excluding hydrogens is 284 g/mol. The Kier molecular flexibility index (Phi) is 2.50. The Hall–Kier alpha value is -1.20. The van der Waals surface area contributed by atoms with Crippen molar-refractivity contribution in [3.05, 3.63) is 12.2 Å². The molecule has 5 heteroatoms. The van der Waals surface area contributed by atoms with E-state index < -0.39 is 28.7 Å². The molecule has 0 amide bonds. The number of esters is 1. The number of carbonyl (C=O) groups is 2. The minimum atomic E-state index is -1.62. The van der Waals surface area contributed by atoms with E-state index in [2.05, 4.69) is 6.92 Å². The summed E-state index contributed by atoms with van der Waals surface area (Å²) in [5.41, 5.74) is -1.86. The van der Waals surface area contributed by atoms with E-state index in [1.54, 1.807) is 13.0 Å². The van der Waals surface area contributed by atoms with Crippen LogP contribution in [-0.2, 0) is 19.1 Å². The van der Waals surface area contributed by atoms with E-state index in [9.17, 15) is 14.7 Å². The highest BCUT2D eigenvalue weighted by Gasteiger charge is 2.76. The molecule has 2 heterocycles. The molecule has 1 saturated carbocycles. The molecule has 3 fully saturated rings. The Morgan fingerprint density at radius 3 is 2.64 bits per heavy atom. The van der Waals surface area contributed by atoms with Gasteiger partial charge in [-0.05, 0) is 45.1 Å². The van der Waals surface area contributed by atoms with Gasteiger partial charge in [0.2, 0.25) is 0 Å². The molecule has 4 aliphatic rings. The molecule has 2 aliphatic carbocycles. The van der Waals surface area contributed by atoms with E-state index >= 15 is 0 Å². The third kappa shape index (κ3) is 1.30. The molecule has 0 bridgehead atoms. The average Bonchev–Trinajstić information content (AvgIpc) is 2.91. The minimum absolute atomic E-state index is 0.0226. The molecule has 2 saturated heterocycles. The minimum Gasteiger partial charge on any atom is -0.461 e. The summed E-state index contributed by atoms with van der Waals surface area (Å²) in [6.45, 7) is 7.23. The first kappa shape index (κ1) is 14.4. The number of hydrogen-bond acceptors (Lipinski definition) is 5. The van der Waals surface area contributed by atoms with Crippen molar-refractivity contribution in [3.8, 4) is 0 Å². The number of fused-ring (bicyclic) bond motifs is 2. The maximum absolute atomic E-state index is 12.6. The highest BCUT2D eigenvalue weighted by molar-refractivity contribution is 5.98. The third-order valence-corrected chi connectivity index (χ3v) is 6.88. The van der Waals surface area contributed by atoms with Crippen LogP contribution in [0.25, 0.3) is 0 Å². The van der Waals surface area contributed by atoms with Crippen LogP contribution in [0.4, 0.5) is 0 Å². The molecule has 8 atom stereocenters. The second-order valence-electron chi connectivity index (χ2n) is 7.94. The summed E-state index contributed by atoms with van der Waals surface area (Å²) in [6.07, 6.45) is 3.48. The molecule has 120 valence electrons. The fourth-order valence-electron chi connectivity index (χ4n) is 5.33. The standard InChI is InChI=1S/C17H22O5/c1-8-7-10-12-13(15(2)9(8)5-6-11(15)18)22-17(4,20)16(12,3)14(19)21-10/h5-6,8-10,12-13,20H,7H2,1-4H3/t8-,9+,10+,12+,13-,15+,16-,17+/m0/s1. The predicted molar refractivity (Wildman–Crippen MR) is 76.5 cm³/mol. The monoisotopic (exact) mass is 306 g/mol. The van der Waals surface area contributed by atoms with E-state index in [0.29, 0.717) is 6.42 Å². The van der Waals surface area contributed by atoms with Gasteiger partial charge >= 0.3 is 5.97 Å². The number of hydrogen-bond donors (Lipinski definition) is 1. The van der Waals surface area contributed by atoms with Crippen LogP contribution < -0.4 is 0 Å². The van der Waals surface area contributed by atoms with Crippen LogP contribution in [0.3, 0.4) is 0 Å². The first-order valence-electron chi connectivity index (χ1n) is 7.98. The lowest BCUT2D eigenvalue weighted by atomic mass is 9.64. The molecule has 0 aromatic rings. The molecule has 0 unspecified atom stereocenters. The maximum atomic E-state index is 12.6. The highest BCUT2D eigenvalue weighted by Crippen LogP contribution is 2.64. The highest BCUT2D eigenvalue weighted by atomic mass is 16.7. The molecule has 2 aliphatic heterocycles. The predicted octanol–water partition coefficient (Wildman–Crippen LogP) is 1.44. The van der Waals surface area contributed by atoms with Gasteiger partial charge in [0.15, 0.2) is 11.6 Å². The van der Waals surface area contributed by atoms with Gasteiger partial charge < -0.3 is 14.6 Å². The van der Waals surface area contributed by atoms with Crippen LogP contribution in [0.1, 0.15) is 34.1 Å². The first-order chi connectivity index (χ1) is 10.1. The van der Waals surface area contributed by atoms with Crippen molar-refractivity contribution in [2.75, 3.05) is 0 Å². The lowest BCUT2D eigenvalue weighted by Gasteiger charge is -2.37. The smallest absolute Gasteiger partial charge is 0.318 e. The first-order valence-corrected chi connectivity index (χ1v) is 7.98. The summed E-state index contributed by atoms with van der Waals surface area (Å²) in [5, 5.41) is 10.8. The van der Waals surface area contributed by atoms with E-state index in [0.717, 1.165) is 0 Å². The van der Waals surface area contributed by atoms with Crippen molar-refractivity contribution in [3.63, 3.8) is 0 Å². The van der Waals surface area contributed by atoms with E-state index in [1.165, 1.54) is 6.92 Å². The van der Waals surface area contributed by atoms with Gasteiger partial charge in [-0.3, -0.25) is 9.59 Å². The molecule has 0 spiro atoms. The van der Waals surface area contributed by atoms with E-state index in [1.807, 2.05) is 13.0 Å². The quantitative estimate of drug-likeness (QED) is 0.686. The number of ketones is 1. The number of carbonyl (C=O) groups excluding carboxylic acids is 2. The molecule has 1 N–H and O–H groups in total. The molecule has 5 nitrogen and oxygen atoms in total. The van der Waals surface area contributed by atoms with E-state index in [-0.39, 0.29) is 29.6 Å². The van der Waals surface area contributed by atoms with Gasteiger partial charge in [-0.15, -0.1) is 0 Å². The largest absolute Gasteiger partial charge is 0.461 e. The lowest BCUT2D eigenvalue weighted by Crippen LogP contribution is -2.47. The fourth-order valence-corrected chi connectivity index (χ4v) is 5.33. The zero-order valence-corrected chi connectivity index (χ0v) is 13.3. The van der Waals surface area contributed by atoms with Gasteiger partial charge in [0, 0.05) is 5.92 Å². The van der Waals surface area contributed by atoms with Crippen molar-refractivity contribution in [1.82, 2.24) is 0 Å². The molecule has 22 heavy (non-hydrogen) atoms. The van der Waals surface area contributed by atoms with Crippen molar-refractivity contribution in [2.45, 2.75) is 52.1 Å². The Morgan fingerprint density at radius 1 is 1.27 bits per heavy atom. The summed E-state index contributed by atoms with van der Waals surface area (Å²) < 4.78 is 11.6. The van der Waals surface area contributed by atoms with Gasteiger partial charge in [0.1, 0.15) is 11.5 Å². The van der Waals surface area contributed by atoms with Gasteiger partial charge in [0.05, 0.1) is 11.5 Å². The second kappa shape index (κ2) is 3.82. The number of allylic oxidation sites excluding steroid dienone is 2. The van der Waals surface area contributed by atoms with Gasteiger partial charge in [-0.1, -0.05) is 13.0 Å². The molecule has 0 aromatic heterocycles. The van der Waals surface area contributed by atoms with Crippen molar-refractivity contribution in [2.24, 2.45) is 28.6 Å². The Bertz CT molecular complexity index is 608. The van der Waals surface area contributed by atoms with Gasteiger partial charge in [-0.2, -0.15) is 0 Å². The number of ether oxygens (including phenoxy) is 2. The van der Waals surface area contributed by atoms with Crippen LogP contribution in [0.5, 0.6) is 0 Å². The van der Waals surface area contributed by atoms with E-state index in [4.69, 9.17) is 9.47 Å². The Labute approximate surface area is 129 Å². The maximum Gasteiger partial charge on any atom is 0.318 e. The van der Waals surface area contributed by atoms with Gasteiger partial charge in [-0.25, -0.2) is 0 Å². The summed E-state index contributed by atoms with van der Waals surface area (Å²) in [5.74, 6) is -2.04.